The zero-order chi connectivity index (χ0) is 15.2. The van der Waals surface area contributed by atoms with E-state index < -0.39 is 0 Å². The fourth-order valence-electron chi connectivity index (χ4n) is 3.05. The van der Waals surface area contributed by atoms with Crippen molar-refractivity contribution in [2.45, 2.75) is 52.1 Å². The van der Waals surface area contributed by atoms with Gasteiger partial charge in [-0.2, -0.15) is 0 Å². The van der Waals surface area contributed by atoms with Crippen LogP contribution in [0.25, 0.3) is 0 Å². The van der Waals surface area contributed by atoms with Crippen molar-refractivity contribution in [3.8, 4) is 0 Å². The molecule has 1 aliphatic carbocycles. The van der Waals surface area contributed by atoms with Crippen LogP contribution in [-0.4, -0.2) is 35.5 Å². The number of nitrogens with zero attached hydrogens (tertiary/aromatic N) is 2. The Morgan fingerprint density at radius 3 is 2.62 bits per heavy atom. The van der Waals surface area contributed by atoms with E-state index in [1.807, 2.05) is 6.07 Å². The van der Waals surface area contributed by atoms with Gasteiger partial charge in [0.1, 0.15) is 0 Å². The Balaban J connectivity index is 2.03. The number of rotatable bonds is 6. The molecule has 1 aliphatic rings. The first kappa shape index (κ1) is 16.0. The van der Waals surface area contributed by atoms with Gasteiger partial charge in [-0.3, -0.25) is 9.88 Å². The number of methoxy groups -OCH3 is 1. The zero-order valence-corrected chi connectivity index (χ0v) is 13.3. The third kappa shape index (κ3) is 4.53. The van der Waals surface area contributed by atoms with Gasteiger partial charge in [0.2, 0.25) is 0 Å². The van der Waals surface area contributed by atoms with Crippen molar-refractivity contribution in [2.24, 2.45) is 5.92 Å². The lowest BCUT2D eigenvalue weighted by molar-refractivity contribution is 0.0600. The third-order valence-electron chi connectivity index (χ3n) is 4.05. The van der Waals surface area contributed by atoms with E-state index in [4.69, 9.17) is 4.74 Å². The van der Waals surface area contributed by atoms with E-state index in [-0.39, 0.29) is 5.97 Å². The van der Waals surface area contributed by atoms with Gasteiger partial charge in [-0.1, -0.05) is 26.7 Å². The first-order valence-electron chi connectivity index (χ1n) is 7.87. The molecule has 116 valence electrons. The van der Waals surface area contributed by atoms with E-state index in [0.717, 1.165) is 18.8 Å². The summed E-state index contributed by atoms with van der Waals surface area (Å²) in [4.78, 5) is 18.4. The molecular weight excluding hydrogens is 264 g/mol. The highest BCUT2D eigenvalue weighted by atomic mass is 16.5. The largest absolute Gasteiger partial charge is 0.465 e. The second kappa shape index (κ2) is 7.55. The summed E-state index contributed by atoms with van der Waals surface area (Å²) in [7, 11) is 1.39. The predicted octanol–water partition coefficient (Wildman–Crippen LogP) is 3.27. The fraction of sp³-hybridized carbons (Fsp3) is 0.647. The maximum Gasteiger partial charge on any atom is 0.339 e. The Kier molecular flexibility index (Phi) is 5.74. The number of ether oxygens (including phenoxy) is 1. The first-order chi connectivity index (χ1) is 10.1. The lowest BCUT2D eigenvalue weighted by atomic mass is 10.1. The molecule has 1 saturated carbocycles. The number of hydrogen-bond acceptors (Lipinski definition) is 4. The molecule has 1 heterocycles. The lowest BCUT2D eigenvalue weighted by Gasteiger charge is -2.30. The van der Waals surface area contributed by atoms with Gasteiger partial charge in [0.25, 0.3) is 0 Å². The summed E-state index contributed by atoms with van der Waals surface area (Å²) in [6.45, 7) is 6.49. The molecule has 0 radical (unpaired) electrons. The molecule has 0 amide bonds. The average Bonchev–Trinajstić information content (AvgIpc) is 3.00. The van der Waals surface area contributed by atoms with Crippen LogP contribution >= 0.6 is 0 Å². The standard InChI is InChI=1S/C17H26N2O2/c1-13(2)11-19(16-6-4-5-7-16)12-15-9-8-14(10-18-15)17(20)21-3/h8-10,13,16H,4-7,11-12H2,1-3H3. The Bertz CT molecular complexity index is 450. The topological polar surface area (TPSA) is 42.4 Å². The zero-order valence-electron chi connectivity index (χ0n) is 13.3. The minimum Gasteiger partial charge on any atom is -0.465 e. The molecule has 4 heteroatoms. The number of pyridine rings is 1. The van der Waals surface area contributed by atoms with Crippen LogP contribution in [0.2, 0.25) is 0 Å². The number of hydrogen-bond donors (Lipinski definition) is 0. The maximum atomic E-state index is 11.4. The fourth-order valence-corrected chi connectivity index (χ4v) is 3.05. The van der Waals surface area contributed by atoms with Crippen LogP contribution in [0.3, 0.4) is 0 Å². The van der Waals surface area contributed by atoms with Gasteiger partial charge in [-0.15, -0.1) is 0 Å². The summed E-state index contributed by atoms with van der Waals surface area (Å²) in [6.07, 6.45) is 6.89. The van der Waals surface area contributed by atoms with E-state index in [2.05, 4.69) is 23.7 Å². The van der Waals surface area contributed by atoms with E-state index in [0.29, 0.717) is 17.5 Å². The highest BCUT2D eigenvalue weighted by molar-refractivity contribution is 5.88. The number of carbonyl (C=O) groups excluding carboxylic acids is 1. The summed E-state index contributed by atoms with van der Waals surface area (Å²) in [6, 6.07) is 4.43. The molecule has 1 aromatic rings. The second-order valence-corrected chi connectivity index (χ2v) is 6.29. The summed E-state index contributed by atoms with van der Waals surface area (Å²) >= 11 is 0. The lowest BCUT2D eigenvalue weighted by Crippen LogP contribution is -2.35. The van der Waals surface area contributed by atoms with Gasteiger partial charge in [0, 0.05) is 25.3 Å². The molecule has 0 N–H and O–H groups in total. The quantitative estimate of drug-likeness (QED) is 0.754. The molecule has 1 aromatic heterocycles. The molecule has 1 fully saturated rings. The summed E-state index contributed by atoms with van der Waals surface area (Å²) < 4.78 is 4.70. The van der Waals surface area contributed by atoms with Gasteiger partial charge in [-0.25, -0.2) is 4.79 Å². The Morgan fingerprint density at radius 1 is 1.38 bits per heavy atom. The molecular formula is C17H26N2O2. The number of aromatic nitrogens is 1. The highest BCUT2D eigenvalue weighted by Crippen LogP contribution is 2.25. The summed E-state index contributed by atoms with van der Waals surface area (Å²) in [5.74, 6) is 0.323. The summed E-state index contributed by atoms with van der Waals surface area (Å²) in [5.41, 5.74) is 1.53. The molecule has 0 aliphatic heterocycles. The molecule has 21 heavy (non-hydrogen) atoms. The normalized spacial score (nSPS) is 15.9. The van der Waals surface area contributed by atoms with Crippen molar-refractivity contribution in [3.63, 3.8) is 0 Å². The van der Waals surface area contributed by atoms with Crippen LogP contribution in [0.1, 0.15) is 55.6 Å². The van der Waals surface area contributed by atoms with Gasteiger partial charge in [0.05, 0.1) is 18.4 Å². The number of carbonyl (C=O) groups is 1. The van der Waals surface area contributed by atoms with Crippen molar-refractivity contribution in [1.29, 1.82) is 0 Å². The molecule has 0 saturated heterocycles. The predicted molar refractivity (Wildman–Crippen MR) is 83.1 cm³/mol. The van der Waals surface area contributed by atoms with Crippen LogP contribution in [0, 0.1) is 5.92 Å². The Hall–Kier alpha value is -1.42. The van der Waals surface area contributed by atoms with Crippen LogP contribution in [0.4, 0.5) is 0 Å². The van der Waals surface area contributed by atoms with Gasteiger partial charge >= 0.3 is 5.97 Å². The smallest absolute Gasteiger partial charge is 0.339 e. The monoisotopic (exact) mass is 290 g/mol. The van der Waals surface area contributed by atoms with Crippen molar-refractivity contribution in [3.05, 3.63) is 29.6 Å². The molecule has 0 bridgehead atoms. The second-order valence-electron chi connectivity index (χ2n) is 6.29. The Morgan fingerprint density at radius 2 is 2.10 bits per heavy atom. The van der Waals surface area contributed by atoms with Crippen LogP contribution in [0.15, 0.2) is 18.3 Å². The Labute approximate surface area is 127 Å². The highest BCUT2D eigenvalue weighted by Gasteiger charge is 2.23. The van der Waals surface area contributed by atoms with E-state index in [9.17, 15) is 4.79 Å². The molecule has 0 spiro atoms. The minimum atomic E-state index is -0.330. The van der Waals surface area contributed by atoms with Crippen molar-refractivity contribution >= 4 is 5.97 Å². The summed E-state index contributed by atoms with van der Waals surface area (Å²) in [5, 5.41) is 0. The van der Waals surface area contributed by atoms with Crippen molar-refractivity contribution in [2.75, 3.05) is 13.7 Å². The minimum absolute atomic E-state index is 0.330. The third-order valence-corrected chi connectivity index (χ3v) is 4.05. The van der Waals surface area contributed by atoms with E-state index >= 15 is 0 Å². The van der Waals surface area contributed by atoms with Crippen LogP contribution in [-0.2, 0) is 11.3 Å². The van der Waals surface area contributed by atoms with Gasteiger partial charge in [0.15, 0.2) is 0 Å². The number of esters is 1. The van der Waals surface area contributed by atoms with E-state index in [1.54, 1.807) is 12.3 Å². The SMILES string of the molecule is COC(=O)c1ccc(CN(CC(C)C)C2CCCC2)nc1. The average molecular weight is 290 g/mol. The van der Waals surface area contributed by atoms with Gasteiger partial charge in [-0.05, 0) is 30.9 Å². The maximum absolute atomic E-state index is 11.4. The van der Waals surface area contributed by atoms with Gasteiger partial charge < -0.3 is 4.74 Å². The molecule has 0 unspecified atom stereocenters. The molecule has 4 nitrogen and oxygen atoms in total. The molecule has 2 rings (SSSR count). The van der Waals surface area contributed by atoms with E-state index in [1.165, 1.54) is 32.8 Å². The van der Waals surface area contributed by atoms with Crippen molar-refractivity contribution < 1.29 is 9.53 Å². The molecule has 0 aromatic carbocycles. The van der Waals surface area contributed by atoms with Crippen LogP contribution < -0.4 is 0 Å². The van der Waals surface area contributed by atoms with Crippen LogP contribution in [0.5, 0.6) is 0 Å². The first-order valence-corrected chi connectivity index (χ1v) is 7.87. The van der Waals surface area contributed by atoms with Crippen molar-refractivity contribution in [1.82, 2.24) is 9.88 Å². The molecule has 0 atom stereocenters.